The molecule has 0 spiro atoms. The lowest BCUT2D eigenvalue weighted by molar-refractivity contribution is -0.000539. The van der Waals surface area contributed by atoms with Crippen molar-refractivity contribution in [3.05, 3.63) is 0 Å². The zero-order valence-corrected chi connectivity index (χ0v) is 7.64. The van der Waals surface area contributed by atoms with Crippen molar-refractivity contribution in [2.45, 2.75) is 12.5 Å². The normalized spacial score (nSPS) is 28.7. The minimum atomic E-state index is -0.641. The van der Waals surface area contributed by atoms with Crippen LogP contribution in [-0.2, 0) is 4.74 Å². The van der Waals surface area contributed by atoms with Gasteiger partial charge < -0.3 is 19.8 Å². The van der Waals surface area contributed by atoms with Gasteiger partial charge in [-0.15, -0.1) is 0 Å². The third kappa shape index (κ3) is 2.32. The molecule has 13 heavy (non-hydrogen) atoms. The van der Waals surface area contributed by atoms with Crippen molar-refractivity contribution < 1.29 is 19.7 Å². The van der Waals surface area contributed by atoms with Crippen molar-refractivity contribution in [2.75, 3.05) is 26.8 Å². The minimum Gasteiger partial charge on any atom is -0.453 e. The Bertz CT molecular complexity index is 185. The Balaban J connectivity index is 2.45. The third-order valence-electron chi connectivity index (χ3n) is 2.39. The molecule has 1 fully saturated rings. The van der Waals surface area contributed by atoms with Gasteiger partial charge in [-0.3, -0.25) is 0 Å². The first-order valence-corrected chi connectivity index (χ1v) is 4.31. The van der Waals surface area contributed by atoms with E-state index in [1.165, 1.54) is 12.0 Å². The van der Waals surface area contributed by atoms with E-state index < -0.39 is 12.2 Å². The molecular weight excluding hydrogens is 174 g/mol. The number of aliphatic hydroxyl groups excluding tert-OH is 2. The second kappa shape index (κ2) is 4.43. The molecule has 0 aromatic rings. The predicted octanol–water partition coefficient (Wildman–Crippen LogP) is -0.572. The van der Waals surface area contributed by atoms with Crippen molar-refractivity contribution in [1.82, 2.24) is 4.90 Å². The summed E-state index contributed by atoms with van der Waals surface area (Å²) in [5, 5.41) is 18.3. The minimum absolute atomic E-state index is 0.0316. The summed E-state index contributed by atoms with van der Waals surface area (Å²) in [6, 6.07) is 0. The second-order valence-corrected chi connectivity index (χ2v) is 3.21. The van der Waals surface area contributed by atoms with Crippen molar-refractivity contribution in [2.24, 2.45) is 5.92 Å². The molecule has 5 heteroatoms. The molecular formula is C8H15NO4. The number of ether oxygens (including phenoxy) is 1. The number of likely N-dealkylation sites (tertiary alicyclic amines) is 1. The average molecular weight is 189 g/mol. The number of β-amino-alcohol motifs (C(OH)–C–C–N with tert-alkyl or cyclic N) is 1. The zero-order chi connectivity index (χ0) is 9.84. The molecule has 1 aliphatic heterocycles. The Hall–Kier alpha value is -0.810. The molecule has 0 aromatic heterocycles. The van der Waals surface area contributed by atoms with E-state index in [1.807, 2.05) is 0 Å². The fraction of sp³-hybridized carbons (Fsp3) is 0.875. The fourth-order valence-corrected chi connectivity index (χ4v) is 1.49. The summed E-state index contributed by atoms with van der Waals surface area (Å²) in [7, 11) is 1.31. The molecule has 1 saturated heterocycles. The van der Waals surface area contributed by atoms with E-state index in [0.29, 0.717) is 13.0 Å². The molecule has 0 aliphatic carbocycles. The van der Waals surface area contributed by atoms with Crippen molar-refractivity contribution in [3.63, 3.8) is 0 Å². The number of aliphatic hydroxyl groups is 2. The van der Waals surface area contributed by atoms with Gasteiger partial charge in [0, 0.05) is 19.1 Å². The summed E-state index contributed by atoms with van der Waals surface area (Å²) in [5.74, 6) is -0.110. The Labute approximate surface area is 76.9 Å². The van der Waals surface area contributed by atoms with Crippen LogP contribution in [0.25, 0.3) is 0 Å². The molecule has 0 radical (unpaired) electrons. The van der Waals surface area contributed by atoms with E-state index in [4.69, 9.17) is 5.11 Å². The first-order valence-electron chi connectivity index (χ1n) is 4.31. The average Bonchev–Trinajstić information content (AvgIpc) is 2.16. The largest absolute Gasteiger partial charge is 0.453 e. The Morgan fingerprint density at radius 3 is 2.85 bits per heavy atom. The maximum Gasteiger partial charge on any atom is 0.409 e. The zero-order valence-electron chi connectivity index (χ0n) is 7.64. The summed E-state index contributed by atoms with van der Waals surface area (Å²) in [6.45, 7) is 0.753. The SMILES string of the molecule is COC(=O)N1CC[C@@H](CO)[C@@H](O)C1. The van der Waals surface area contributed by atoms with Gasteiger partial charge in [-0.05, 0) is 6.42 Å². The molecule has 0 unspecified atom stereocenters. The smallest absolute Gasteiger partial charge is 0.409 e. The first kappa shape index (κ1) is 10.3. The molecule has 2 N–H and O–H groups in total. The quantitative estimate of drug-likeness (QED) is 0.579. The van der Waals surface area contributed by atoms with E-state index in [9.17, 15) is 9.90 Å². The maximum absolute atomic E-state index is 11.0. The lowest BCUT2D eigenvalue weighted by Gasteiger charge is -2.33. The monoisotopic (exact) mass is 189 g/mol. The highest BCUT2D eigenvalue weighted by Gasteiger charge is 2.29. The number of piperidine rings is 1. The van der Waals surface area contributed by atoms with Gasteiger partial charge in [0.15, 0.2) is 0 Å². The molecule has 1 rings (SSSR count). The van der Waals surface area contributed by atoms with Crippen LogP contribution in [0.1, 0.15) is 6.42 Å². The number of carbonyl (C=O) groups is 1. The van der Waals surface area contributed by atoms with E-state index in [1.54, 1.807) is 0 Å². The van der Waals surface area contributed by atoms with Gasteiger partial charge in [-0.25, -0.2) is 4.79 Å². The summed E-state index contributed by atoms with van der Waals surface area (Å²) in [5.41, 5.74) is 0. The summed E-state index contributed by atoms with van der Waals surface area (Å²) in [6.07, 6.45) is -0.444. The van der Waals surface area contributed by atoms with Crippen LogP contribution in [0.5, 0.6) is 0 Å². The number of nitrogens with zero attached hydrogens (tertiary/aromatic N) is 1. The number of carbonyl (C=O) groups excluding carboxylic acids is 1. The lowest BCUT2D eigenvalue weighted by Crippen LogP contribution is -2.47. The highest BCUT2D eigenvalue weighted by atomic mass is 16.5. The molecule has 0 saturated carbocycles. The standard InChI is InChI=1S/C8H15NO4/c1-13-8(12)9-3-2-6(5-10)7(11)4-9/h6-7,10-11H,2-5H2,1H3/t6-,7-/m0/s1. The van der Waals surface area contributed by atoms with Crippen LogP contribution in [0.15, 0.2) is 0 Å². The van der Waals surface area contributed by atoms with Crippen LogP contribution in [0.4, 0.5) is 4.79 Å². The van der Waals surface area contributed by atoms with Crippen LogP contribution in [0, 0.1) is 5.92 Å². The molecule has 5 nitrogen and oxygen atoms in total. The van der Waals surface area contributed by atoms with Crippen LogP contribution < -0.4 is 0 Å². The van der Waals surface area contributed by atoms with E-state index in [2.05, 4.69) is 4.74 Å². The second-order valence-electron chi connectivity index (χ2n) is 3.21. The van der Waals surface area contributed by atoms with Gasteiger partial charge in [-0.2, -0.15) is 0 Å². The molecule has 0 bridgehead atoms. The van der Waals surface area contributed by atoms with Gasteiger partial charge in [0.1, 0.15) is 0 Å². The lowest BCUT2D eigenvalue weighted by atomic mass is 9.95. The van der Waals surface area contributed by atoms with Crippen LogP contribution in [0.2, 0.25) is 0 Å². The number of hydrogen-bond donors (Lipinski definition) is 2. The summed E-state index contributed by atoms with van der Waals surface area (Å²) in [4.78, 5) is 12.5. The highest BCUT2D eigenvalue weighted by Crippen LogP contribution is 2.17. The van der Waals surface area contributed by atoms with Crippen molar-refractivity contribution >= 4 is 6.09 Å². The molecule has 76 valence electrons. The molecule has 1 aliphatic rings. The summed E-state index contributed by atoms with van der Waals surface area (Å²) < 4.78 is 4.52. The van der Waals surface area contributed by atoms with Crippen LogP contribution in [-0.4, -0.2) is 54.1 Å². The molecule has 2 atom stereocenters. The van der Waals surface area contributed by atoms with E-state index >= 15 is 0 Å². The fourth-order valence-electron chi connectivity index (χ4n) is 1.49. The van der Waals surface area contributed by atoms with Gasteiger partial charge in [0.05, 0.1) is 19.8 Å². The maximum atomic E-state index is 11.0. The van der Waals surface area contributed by atoms with Gasteiger partial charge in [0.25, 0.3) is 0 Å². The molecule has 1 amide bonds. The van der Waals surface area contributed by atoms with Crippen LogP contribution >= 0.6 is 0 Å². The first-order chi connectivity index (χ1) is 6.19. The summed E-state index contributed by atoms with van der Waals surface area (Å²) >= 11 is 0. The Morgan fingerprint density at radius 2 is 2.38 bits per heavy atom. The van der Waals surface area contributed by atoms with Gasteiger partial charge in [0.2, 0.25) is 0 Å². The Morgan fingerprint density at radius 1 is 1.69 bits per heavy atom. The van der Waals surface area contributed by atoms with Crippen molar-refractivity contribution in [1.29, 1.82) is 0 Å². The number of methoxy groups -OCH3 is 1. The topological polar surface area (TPSA) is 70.0 Å². The predicted molar refractivity (Wildman–Crippen MR) is 45.2 cm³/mol. The van der Waals surface area contributed by atoms with E-state index in [0.717, 1.165) is 0 Å². The van der Waals surface area contributed by atoms with Gasteiger partial charge in [-0.1, -0.05) is 0 Å². The Kier molecular flexibility index (Phi) is 3.50. The number of hydrogen-bond acceptors (Lipinski definition) is 4. The highest BCUT2D eigenvalue weighted by molar-refractivity contribution is 5.67. The van der Waals surface area contributed by atoms with Crippen LogP contribution in [0.3, 0.4) is 0 Å². The molecule has 0 aromatic carbocycles. The third-order valence-corrected chi connectivity index (χ3v) is 2.39. The van der Waals surface area contributed by atoms with Gasteiger partial charge >= 0.3 is 6.09 Å². The van der Waals surface area contributed by atoms with E-state index in [-0.39, 0.29) is 19.1 Å². The van der Waals surface area contributed by atoms with Crippen molar-refractivity contribution in [3.8, 4) is 0 Å². The number of rotatable bonds is 1. The molecule has 1 heterocycles. The number of amides is 1.